The first-order valence-corrected chi connectivity index (χ1v) is 14.7. The second kappa shape index (κ2) is 11.0. The Kier molecular flexibility index (Phi) is 8.28. The number of carboxylic acid groups (broad SMARTS) is 1. The van der Waals surface area contributed by atoms with Crippen molar-refractivity contribution in [2.45, 2.75) is 42.3 Å². The molecule has 0 saturated carbocycles. The number of nitrogens with zero attached hydrogens (tertiary/aromatic N) is 1. The topological polar surface area (TPSA) is 86.7 Å². The molecule has 3 aromatic rings. The van der Waals surface area contributed by atoms with Crippen molar-refractivity contribution in [3.05, 3.63) is 82.9 Å². The van der Waals surface area contributed by atoms with Gasteiger partial charge < -0.3 is 10.4 Å². The van der Waals surface area contributed by atoms with Crippen molar-refractivity contribution in [1.82, 2.24) is 4.31 Å². The predicted octanol–water partition coefficient (Wildman–Crippen LogP) is 6.61. The van der Waals surface area contributed by atoms with Crippen LogP contribution in [0, 0.1) is 0 Å². The van der Waals surface area contributed by atoms with Gasteiger partial charge in [-0.3, -0.25) is 4.79 Å². The molecule has 208 valence electrons. The summed E-state index contributed by atoms with van der Waals surface area (Å²) in [6.45, 7) is 3.86. The highest BCUT2D eigenvalue weighted by atomic mass is 35.5. The van der Waals surface area contributed by atoms with E-state index in [4.69, 9.17) is 11.6 Å². The summed E-state index contributed by atoms with van der Waals surface area (Å²) in [5.41, 5.74) is 1.77. The van der Waals surface area contributed by atoms with Crippen LogP contribution in [0.3, 0.4) is 0 Å². The molecule has 0 spiro atoms. The molecule has 2 N–H and O–H groups in total. The third-order valence-electron chi connectivity index (χ3n) is 6.48. The monoisotopic (exact) mass is 598 g/mol. The molecular weight excluding hydrogens is 573 g/mol. The van der Waals surface area contributed by atoms with Crippen LogP contribution >= 0.6 is 23.4 Å². The number of benzene rings is 3. The number of halogens is 4. The van der Waals surface area contributed by atoms with Gasteiger partial charge in [0, 0.05) is 29.3 Å². The molecule has 3 aromatic carbocycles. The number of carbonyl (C=O) groups is 1. The summed E-state index contributed by atoms with van der Waals surface area (Å²) in [6.07, 6.45) is -4.55. The molecule has 0 amide bonds. The van der Waals surface area contributed by atoms with Crippen molar-refractivity contribution in [2.24, 2.45) is 0 Å². The van der Waals surface area contributed by atoms with E-state index in [0.717, 1.165) is 27.1 Å². The minimum absolute atomic E-state index is 0.0159. The van der Waals surface area contributed by atoms with Gasteiger partial charge in [-0.2, -0.15) is 29.2 Å². The van der Waals surface area contributed by atoms with E-state index in [9.17, 15) is 31.5 Å². The Hall–Kier alpha value is -2.73. The molecule has 6 nitrogen and oxygen atoms in total. The van der Waals surface area contributed by atoms with Gasteiger partial charge in [-0.15, -0.1) is 0 Å². The molecule has 39 heavy (non-hydrogen) atoms. The first-order valence-electron chi connectivity index (χ1n) is 11.9. The van der Waals surface area contributed by atoms with Crippen LogP contribution in [0.5, 0.6) is 0 Å². The summed E-state index contributed by atoms with van der Waals surface area (Å²) in [7, 11) is -4.03. The SMILES string of the molecule is CC1(C)SCCN(S(=O)(=O)c2ccc(-c3ccc(CNc4ccc(Cl)c(C(F)(F)F)c4)cc3)cc2)[C@H]1C(=O)O. The van der Waals surface area contributed by atoms with Gasteiger partial charge in [0.15, 0.2) is 0 Å². The standard InChI is InChI=1S/C27H26ClF3N2O4S2/c1-26(2)24(25(34)35)33(13-14-38-26)39(36,37)21-10-7-19(8-11-21)18-5-3-17(4-6-18)16-32-20-9-12-23(28)22(15-20)27(29,30)31/h3-12,15,24,32H,13-14,16H2,1-2H3,(H,34,35)/t24-/m0/s1. The number of anilines is 1. The number of aliphatic carboxylic acids is 1. The summed E-state index contributed by atoms with van der Waals surface area (Å²) >= 11 is 7.11. The maximum absolute atomic E-state index is 13.3. The summed E-state index contributed by atoms with van der Waals surface area (Å²) in [5.74, 6) is -0.685. The van der Waals surface area contributed by atoms with E-state index in [0.29, 0.717) is 5.75 Å². The molecule has 1 atom stereocenters. The Bertz CT molecular complexity index is 1460. The summed E-state index contributed by atoms with van der Waals surface area (Å²) in [4.78, 5) is 12.0. The fourth-order valence-corrected chi connectivity index (χ4v) is 7.78. The number of hydrogen-bond donors (Lipinski definition) is 2. The number of thioether (sulfide) groups is 1. The minimum atomic E-state index is -4.55. The van der Waals surface area contributed by atoms with E-state index in [2.05, 4.69) is 5.32 Å². The number of nitrogens with one attached hydrogen (secondary N) is 1. The number of rotatable bonds is 7. The number of hydrogen-bond acceptors (Lipinski definition) is 5. The lowest BCUT2D eigenvalue weighted by atomic mass is 10.0. The average Bonchev–Trinajstić information content (AvgIpc) is 2.87. The van der Waals surface area contributed by atoms with Gasteiger partial charge in [0.2, 0.25) is 10.0 Å². The zero-order chi connectivity index (χ0) is 28.6. The first kappa shape index (κ1) is 29.3. The highest BCUT2D eigenvalue weighted by Gasteiger charge is 2.48. The van der Waals surface area contributed by atoms with Crippen molar-refractivity contribution in [2.75, 3.05) is 17.6 Å². The van der Waals surface area contributed by atoms with Crippen molar-refractivity contribution in [1.29, 1.82) is 0 Å². The van der Waals surface area contributed by atoms with Gasteiger partial charge in [0.1, 0.15) is 6.04 Å². The third-order valence-corrected chi connectivity index (χ3v) is 10.0. The normalized spacial score (nSPS) is 18.1. The smallest absolute Gasteiger partial charge is 0.417 e. The van der Waals surface area contributed by atoms with Crippen LogP contribution in [-0.2, 0) is 27.5 Å². The second-order valence-electron chi connectivity index (χ2n) is 9.58. The lowest BCUT2D eigenvalue weighted by Gasteiger charge is -2.42. The molecule has 0 bridgehead atoms. The maximum atomic E-state index is 13.3. The van der Waals surface area contributed by atoms with Gasteiger partial charge in [-0.1, -0.05) is 48.0 Å². The lowest BCUT2D eigenvalue weighted by molar-refractivity contribution is -0.142. The molecule has 0 aromatic heterocycles. The van der Waals surface area contributed by atoms with E-state index in [1.54, 1.807) is 26.0 Å². The van der Waals surface area contributed by atoms with Crippen LogP contribution in [0.2, 0.25) is 5.02 Å². The summed E-state index contributed by atoms with van der Waals surface area (Å²) in [5, 5.41) is 12.3. The number of alkyl halides is 3. The Morgan fingerprint density at radius 1 is 1.08 bits per heavy atom. The zero-order valence-corrected chi connectivity index (χ0v) is 23.4. The average molecular weight is 599 g/mol. The molecule has 1 fully saturated rings. The van der Waals surface area contributed by atoms with E-state index in [1.807, 2.05) is 24.3 Å². The van der Waals surface area contributed by atoms with Gasteiger partial charge in [0.25, 0.3) is 0 Å². The van der Waals surface area contributed by atoms with Gasteiger partial charge in [0.05, 0.1) is 15.5 Å². The Morgan fingerprint density at radius 2 is 1.67 bits per heavy atom. The molecule has 0 radical (unpaired) electrons. The molecule has 4 rings (SSSR count). The molecule has 1 aliphatic rings. The third kappa shape index (κ3) is 6.37. The molecule has 0 unspecified atom stereocenters. The highest BCUT2D eigenvalue weighted by molar-refractivity contribution is 8.00. The largest absolute Gasteiger partial charge is 0.480 e. The fourth-order valence-electron chi connectivity index (χ4n) is 4.46. The van der Waals surface area contributed by atoms with Crippen molar-refractivity contribution in [3.8, 4) is 11.1 Å². The van der Waals surface area contributed by atoms with Crippen LogP contribution < -0.4 is 5.32 Å². The van der Waals surface area contributed by atoms with E-state index < -0.39 is 38.5 Å². The van der Waals surface area contributed by atoms with Gasteiger partial charge in [-0.25, -0.2) is 8.42 Å². The van der Waals surface area contributed by atoms with E-state index in [-0.39, 0.29) is 28.7 Å². The van der Waals surface area contributed by atoms with Crippen LogP contribution in [0.15, 0.2) is 71.6 Å². The molecule has 1 saturated heterocycles. The van der Waals surface area contributed by atoms with Crippen molar-refractivity contribution >= 4 is 45.0 Å². The second-order valence-corrected chi connectivity index (χ2v) is 13.6. The number of carboxylic acids is 1. The Morgan fingerprint density at radius 3 is 2.23 bits per heavy atom. The summed E-state index contributed by atoms with van der Waals surface area (Å²) < 4.78 is 66.2. The van der Waals surface area contributed by atoms with Crippen LogP contribution in [0.1, 0.15) is 25.0 Å². The molecular formula is C27H26ClF3N2O4S2. The first-order chi connectivity index (χ1) is 18.2. The van der Waals surface area contributed by atoms with Gasteiger partial charge >= 0.3 is 12.1 Å². The fraction of sp³-hybridized carbons (Fsp3) is 0.296. The Balaban J connectivity index is 1.47. The van der Waals surface area contributed by atoms with E-state index >= 15 is 0 Å². The lowest BCUT2D eigenvalue weighted by Crippen LogP contribution is -2.58. The van der Waals surface area contributed by atoms with Crippen LogP contribution in [-0.4, -0.2) is 46.9 Å². The molecule has 1 aliphatic heterocycles. The van der Waals surface area contributed by atoms with E-state index in [1.165, 1.54) is 36.0 Å². The van der Waals surface area contributed by atoms with Crippen LogP contribution in [0.4, 0.5) is 18.9 Å². The zero-order valence-electron chi connectivity index (χ0n) is 21.0. The quantitative estimate of drug-likeness (QED) is 0.318. The Labute approximate surface area is 234 Å². The van der Waals surface area contributed by atoms with Crippen molar-refractivity contribution < 1.29 is 31.5 Å². The van der Waals surface area contributed by atoms with Gasteiger partial charge in [-0.05, 0) is 60.9 Å². The molecule has 1 heterocycles. The molecule has 0 aliphatic carbocycles. The minimum Gasteiger partial charge on any atom is -0.480 e. The maximum Gasteiger partial charge on any atom is 0.417 e. The predicted molar refractivity (Wildman–Crippen MR) is 148 cm³/mol. The number of sulfonamides is 1. The van der Waals surface area contributed by atoms with Crippen LogP contribution in [0.25, 0.3) is 11.1 Å². The summed E-state index contributed by atoms with van der Waals surface area (Å²) in [6, 6.07) is 16.0. The van der Waals surface area contributed by atoms with Crippen molar-refractivity contribution in [3.63, 3.8) is 0 Å². The molecule has 12 heteroatoms. The highest BCUT2D eigenvalue weighted by Crippen LogP contribution is 2.39.